The highest BCUT2D eigenvalue weighted by Gasteiger charge is 2.30. The highest BCUT2D eigenvalue weighted by molar-refractivity contribution is 5.94. The number of carbonyl (C=O) groups excluding carboxylic acids is 2. The number of ether oxygens (including phenoxy) is 1. The first kappa shape index (κ1) is 17.8. The number of hydrogen-bond donors (Lipinski definition) is 0. The Kier molecular flexibility index (Phi) is 4.56. The Hall–Kier alpha value is -3.62. The van der Waals surface area contributed by atoms with Crippen molar-refractivity contribution >= 4 is 11.9 Å². The molecule has 0 radical (unpaired) electrons. The van der Waals surface area contributed by atoms with E-state index in [2.05, 4.69) is 24.9 Å². The maximum atomic E-state index is 12.9. The van der Waals surface area contributed by atoms with Crippen molar-refractivity contribution in [3.05, 3.63) is 59.8 Å². The third-order valence-corrected chi connectivity index (χ3v) is 4.61. The van der Waals surface area contributed by atoms with Gasteiger partial charge in [-0.3, -0.25) is 14.8 Å². The number of esters is 1. The number of rotatable bonds is 3. The van der Waals surface area contributed by atoms with Gasteiger partial charge in [-0.15, -0.1) is 10.2 Å². The second kappa shape index (κ2) is 7.18. The van der Waals surface area contributed by atoms with Crippen LogP contribution in [-0.2, 0) is 11.3 Å². The van der Waals surface area contributed by atoms with Crippen molar-refractivity contribution in [3.8, 4) is 11.5 Å². The third kappa shape index (κ3) is 3.11. The topological polar surface area (TPSA) is 103 Å². The lowest BCUT2D eigenvalue weighted by molar-refractivity contribution is 0.0598. The second-order valence-electron chi connectivity index (χ2n) is 6.48. The Bertz CT molecular complexity index is 1020. The van der Waals surface area contributed by atoms with Gasteiger partial charge in [0.2, 0.25) is 0 Å². The van der Waals surface area contributed by atoms with Crippen LogP contribution in [0, 0.1) is 0 Å². The summed E-state index contributed by atoms with van der Waals surface area (Å²) in [7, 11) is 1.30. The molecule has 0 fully saturated rings. The van der Waals surface area contributed by atoms with Gasteiger partial charge in [0.05, 0.1) is 25.3 Å². The second-order valence-corrected chi connectivity index (χ2v) is 6.48. The van der Waals surface area contributed by atoms with Gasteiger partial charge in [-0.1, -0.05) is 6.07 Å². The van der Waals surface area contributed by atoms with Gasteiger partial charge in [-0.2, -0.15) is 0 Å². The fourth-order valence-electron chi connectivity index (χ4n) is 3.28. The van der Waals surface area contributed by atoms with Gasteiger partial charge in [-0.25, -0.2) is 4.79 Å². The Labute approximate surface area is 161 Å². The van der Waals surface area contributed by atoms with E-state index >= 15 is 0 Å². The zero-order valence-electron chi connectivity index (χ0n) is 15.4. The van der Waals surface area contributed by atoms with Gasteiger partial charge in [0.25, 0.3) is 5.91 Å². The molecule has 3 aromatic rings. The van der Waals surface area contributed by atoms with Gasteiger partial charge in [0.1, 0.15) is 11.4 Å². The summed E-state index contributed by atoms with van der Waals surface area (Å²) in [5, 5.41) is 8.53. The van der Waals surface area contributed by atoms with Gasteiger partial charge in [-0.05, 0) is 31.2 Å². The molecule has 0 unspecified atom stereocenters. The van der Waals surface area contributed by atoms with Gasteiger partial charge >= 0.3 is 5.97 Å². The van der Waals surface area contributed by atoms with Crippen LogP contribution in [-0.4, -0.2) is 55.2 Å². The molecule has 9 heteroatoms. The van der Waals surface area contributed by atoms with Gasteiger partial charge < -0.3 is 14.2 Å². The molecule has 1 aliphatic heterocycles. The third-order valence-electron chi connectivity index (χ3n) is 4.61. The number of nitrogens with zero attached hydrogens (tertiary/aromatic N) is 6. The van der Waals surface area contributed by atoms with Crippen LogP contribution < -0.4 is 0 Å². The summed E-state index contributed by atoms with van der Waals surface area (Å²) in [5.41, 5.74) is 1.30. The monoisotopic (exact) mass is 378 g/mol. The minimum Gasteiger partial charge on any atom is -0.465 e. The Morgan fingerprint density at radius 1 is 1.14 bits per heavy atom. The molecule has 1 amide bonds. The van der Waals surface area contributed by atoms with Gasteiger partial charge in [0, 0.05) is 18.9 Å². The summed E-state index contributed by atoms with van der Waals surface area (Å²) in [6.07, 6.45) is 3.05. The lowest BCUT2D eigenvalue weighted by atomic mass is 10.2. The highest BCUT2D eigenvalue weighted by Crippen LogP contribution is 2.27. The summed E-state index contributed by atoms with van der Waals surface area (Å²) in [4.78, 5) is 34.5. The maximum absolute atomic E-state index is 12.9. The van der Waals surface area contributed by atoms with Crippen LogP contribution in [0.15, 0.2) is 42.7 Å². The minimum absolute atomic E-state index is 0.0194. The minimum atomic E-state index is -0.492. The molecule has 4 rings (SSSR count). The molecule has 1 aliphatic rings. The fraction of sp³-hybridized carbons (Fsp3) is 0.263. The van der Waals surface area contributed by atoms with E-state index in [4.69, 9.17) is 0 Å². The molecule has 3 aromatic heterocycles. The largest absolute Gasteiger partial charge is 0.465 e. The van der Waals surface area contributed by atoms with E-state index in [1.54, 1.807) is 11.1 Å². The van der Waals surface area contributed by atoms with E-state index in [0.717, 1.165) is 5.69 Å². The molecule has 0 N–H and O–H groups in total. The lowest BCUT2D eigenvalue weighted by Crippen LogP contribution is -2.40. The van der Waals surface area contributed by atoms with E-state index in [-0.39, 0.29) is 17.6 Å². The number of aromatic nitrogens is 5. The standard InChI is InChI=1S/C19H18N6O3/c1-12-10-24(18(26)15-7-6-13(9-21-15)19(27)28-2)11-16-22-23-17(25(12)16)14-5-3-4-8-20-14/h3-9,12H,10-11H2,1-2H3/t12-/m0/s1. The molecule has 0 saturated carbocycles. The first-order valence-corrected chi connectivity index (χ1v) is 8.77. The summed E-state index contributed by atoms with van der Waals surface area (Å²) < 4.78 is 6.66. The maximum Gasteiger partial charge on any atom is 0.339 e. The van der Waals surface area contributed by atoms with E-state index < -0.39 is 5.97 Å². The first-order chi connectivity index (χ1) is 13.6. The number of hydrogen-bond acceptors (Lipinski definition) is 7. The first-order valence-electron chi connectivity index (χ1n) is 8.77. The van der Waals surface area contributed by atoms with Crippen LogP contribution >= 0.6 is 0 Å². The SMILES string of the molecule is COC(=O)c1ccc(C(=O)N2Cc3nnc(-c4ccccn4)n3[C@@H](C)C2)nc1. The van der Waals surface area contributed by atoms with Gasteiger partial charge in [0.15, 0.2) is 11.6 Å². The molecule has 4 heterocycles. The fourth-order valence-corrected chi connectivity index (χ4v) is 3.28. The average Bonchev–Trinajstić information content (AvgIpc) is 3.18. The Balaban J connectivity index is 1.57. The van der Waals surface area contributed by atoms with Crippen molar-refractivity contribution < 1.29 is 14.3 Å². The number of carbonyl (C=O) groups is 2. The van der Waals surface area contributed by atoms with Crippen LogP contribution in [0.5, 0.6) is 0 Å². The highest BCUT2D eigenvalue weighted by atomic mass is 16.5. The van der Waals surface area contributed by atoms with E-state index in [1.807, 2.05) is 29.7 Å². The van der Waals surface area contributed by atoms with Crippen molar-refractivity contribution in [2.45, 2.75) is 19.5 Å². The van der Waals surface area contributed by atoms with Crippen molar-refractivity contribution in [1.82, 2.24) is 29.6 Å². The van der Waals surface area contributed by atoms with Crippen LogP contribution in [0.1, 0.15) is 39.6 Å². The van der Waals surface area contributed by atoms with Crippen LogP contribution in [0.3, 0.4) is 0 Å². The van der Waals surface area contributed by atoms with Crippen molar-refractivity contribution in [3.63, 3.8) is 0 Å². The molecule has 0 aromatic carbocycles. The smallest absolute Gasteiger partial charge is 0.339 e. The summed E-state index contributed by atoms with van der Waals surface area (Å²) in [5.74, 6) is 0.667. The van der Waals surface area contributed by atoms with E-state index in [9.17, 15) is 9.59 Å². The summed E-state index contributed by atoms with van der Waals surface area (Å²) >= 11 is 0. The number of methoxy groups -OCH3 is 1. The zero-order chi connectivity index (χ0) is 19.7. The van der Waals surface area contributed by atoms with E-state index in [0.29, 0.717) is 30.3 Å². The van der Waals surface area contributed by atoms with Crippen LogP contribution in [0.25, 0.3) is 11.5 Å². The van der Waals surface area contributed by atoms with Crippen molar-refractivity contribution in [2.24, 2.45) is 0 Å². The molecule has 9 nitrogen and oxygen atoms in total. The van der Waals surface area contributed by atoms with Crippen LogP contribution in [0.2, 0.25) is 0 Å². The molecule has 28 heavy (non-hydrogen) atoms. The normalized spacial score (nSPS) is 15.8. The molecule has 1 atom stereocenters. The molecule has 142 valence electrons. The number of amides is 1. The summed E-state index contributed by atoms with van der Waals surface area (Å²) in [6.45, 7) is 2.82. The van der Waals surface area contributed by atoms with E-state index in [1.165, 1.54) is 25.4 Å². The van der Waals surface area contributed by atoms with Crippen molar-refractivity contribution in [1.29, 1.82) is 0 Å². The zero-order valence-corrected chi connectivity index (χ0v) is 15.4. The quantitative estimate of drug-likeness (QED) is 0.640. The predicted molar refractivity (Wildman–Crippen MR) is 98.3 cm³/mol. The summed E-state index contributed by atoms with van der Waals surface area (Å²) in [6, 6.07) is 8.66. The van der Waals surface area contributed by atoms with Crippen molar-refractivity contribution in [2.75, 3.05) is 13.7 Å². The van der Waals surface area contributed by atoms with Crippen LogP contribution in [0.4, 0.5) is 0 Å². The molecular formula is C19H18N6O3. The molecule has 0 aliphatic carbocycles. The Morgan fingerprint density at radius 3 is 2.68 bits per heavy atom. The Morgan fingerprint density at radius 2 is 2.00 bits per heavy atom. The molecular weight excluding hydrogens is 360 g/mol. The lowest BCUT2D eigenvalue weighted by Gasteiger charge is -2.32. The molecule has 0 bridgehead atoms. The predicted octanol–water partition coefficient (Wildman–Crippen LogP) is 1.74. The number of fused-ring (bicyclic) bond motifs is 1. The number of pyridine rings is 2. The average molecular weight is 378 g/mol. The molecule has 0 spiro atoms. The molecule has 0 saturated heterocycles.